The van der Waals surface area contributed by atoms with Crippen LogP contribution in [0.1, 0.15) is 23.2 Å². The maximum absolute atomic E-state index is 11.5. The molecule has 1 rings (SSSR count). The minimum absolute atomic E-state index is 0.172. The number of rotatable bonds is 6. The molecule has 1 atom stereocenters. The average Bonchev–Trinajstić information content (AvgIpc) is 2.76. The fourth-order valence-corrected chi connectivity index (χ4v) is 1.16. The molecule has 0 aliphatic carbocycles. The highest BCUT2D eigenvalue weighted by Crippen LogP contribution is 2.03. The maximum atomic E-state index is 11.5. The molecule has 0 spiro atoms. The molecular weight excluding hydrogens is 230 g/mol. The highest BCUT2D eigenvalue weighted by molar-refractivity contribution is 5.96. The summed E-state index contributed by atoms with van der Waals surface area (Å²) in [5, 5.41) is 19.5. The summed E-state index contributed by atoms with van der Waals surface area (Å²) in [6.07, 6.45) is 1.95. The third-order valence-corrected chi connectivity index (χ3v) is 2.03. The quantitative estimate of drug-likeness (QED) is 0.660. The maximum Gasteiger partial charge on any atom is 0.326 e. The Bertz CT molecular complexity index is 410. The molecule has 0 aromatic carbocycles. The van der Waals surface area contributed by atoms with Crippen LogP contribution in [0.25, 0.3) is 0 Å². The molecular formula is C10H11NO6. The van der Waals surface area contributed by atoms with E-state index in [9.17, 15) is 14.4 Å². The minimum atomic E-state index is -1.27. The number of carbonyl (C=O) groups is 3. The zero-order valence-corrected chi connectivity index (χ0v) is 8.75. The summed E-state index contributed by atoms with van der Waals surface area (Å²) in [6, 6.07) is 0.152. The van der Waals surface area contributed by atoms with Crippen LogP contribution in [0.2, 0.25) is 0 Å². The number of amides is 1. The average molecular weight is 241 g/mol. The Labute approximate surface area is 96.0 Å². The van der Waals surface area contributed by atoms with Crippen LogP contribution in [-0.2, 0) is 9.59 Å². The predicted molar refractivity (Wildman–Crippen MR) is 54.5 cm³/mol. The van der Waals surface area contributed by atoms with E-state index in [-0.39, 0.29) is 18.4 Å². The van der Waals surface area contributed by atoms with Gasteiger partial charge in [-0.1, -0.05) is 0 Å². The van der Waals surface area contributed by atoms with Gasteiger partial charge >= 0.3 is 11.9 Å². The van der Waals surface area contributed by atoms with Gasteiger partial charge in [-0.15, -0.1) is 0 Å². The van der Waals surface area contributed by atoms with Crippen LogP contribution in [0.5, 0.6) is 0 Å². The Morgan fingerprint density at radius 3 is 2.53 bits per heavy atom. The highest BCUT2D eigenvalue weighted by atomic mass is 16.4. The van der Waals surface area contributed by atoms with E-state index in [1.54, 1.807) is 0 Å². The Kier molecular flexibility index (Phi) is 4.27. The van der Waals surface area contributed by atoms with E-state index in [1.165, 1.54) is 18.6 Å². The van der Waals surface area contributed by atoms with Crippen molar-refractivity contribution in [3.63, 3.8) is 0 Å². The van der Waals surface area contributed by atoms with Crippen molar-refractivity contribution in [2.24, 2.45) is 0 Å². The number of aliphatic carboxylic acids is 2. The van der Waals surface area contributed by atoms with Gasteiger partial charge in [-0.25, -0.2) is 4.79 Å². The largest absolute Gasteiger partial charge is 0.481 e. The van der Waals surface area contributed by atoms with Crippen molar-refractivity contribution in [2.75, 3.05) is 0 Å². The second-order valence-corrected chi connectivity index (χ2v) is 3.31. The van der Waals surface area contributed by atoms with Crippen molar-refractivity contribution >= 4 is 17.8 Å². The highest BCUT2D eigenvalue weighted by Gasteiger charge is 2.21. The summed E-state index contributed by atoms with van der Waals surface area (Å²) in [4.78, 5) is 32.6. The van der Waals surface area contributed by atoms with Gasteiger partial charge in [0.1, 0.15) is 12.3 Å². The van der Waals surface area contributed by atoms with Gasteiger partial charge in [0.15, 0.2) is 0 Å². The van der Waals surface area contributed by atoms with Crippen molar-refractivity contribution in [1.29, 1.82) is 0 Å². The van der Waals surface area contributed by atoms with Crippen LogP contribution in [0.4, 0.5) is 0 Å². The normalized spacial score (nSPS) is 11.8. The second kappa shape index (κ2) is 5.69. The van der Waals surface area contributed by atoms with Crippen molar-refractivity contribution in [3.05, 3.63) is 24.2 Å². The van der Waals surface area contributed by atoms with Crippen molar-refractivity contribution < 1.29 is 29.0 Å². The fourth-order valence-electron chi connectivity index (χ4n) is 1.16. The Hall–Kier alpha value is -2.31. The van der Waals surface area contributed by atoms with Gasteiger partial charge in [-0.05, 0) is 12.5 Å². The first-order valence-corrected chi connectivity index (χ1v) is 4.78. The molecule has 0 aliphatic heterocycles. The monoisotopic (exact) mass is 241 g/mol. The van der Waals surface area contributed by atoms with Gasteiger partial charge in [0, 0.05) is 6.42 Å². The van der Waals surface area contributed by atoms with Gasteiger partial charge in [0.2, 0.25) is 0 Å². The van der Waals surface area contributed by atoms with Gasteiger partial charge in [-0.3, -0.25) is 9.59 Å². The van der Waals surface area contributed by atoms with E-state index in [0.29, 0.717) is 0 Å². The summed E-state index contributed by atoms with van der Waals surface area (Å²) < 4.78 is 4.67. The lowest BCUT2D eigenvalue weighted by molar-refractivity contribution is -0.140. The summed E-state index contributed by atoms with van der Waals surface area (Å²) in [5.74, 6) is -3.01. The number of hydrogen-bond donors (Lipinski definition) is 3. The smallest absolute Gasteiger partial charge is 0.326 e. The number of carboxylic acids is 2. The molecule has 7 heteroatoms. The lowest BCUT2D eigenvalue weighted by Gasteiger charge is -2.12. The van der Waals surface area contributed by atoms with Crippen LogP contribution in [0.3, 0.4) is 0 Å². The van der Waals surface area contributed by atoms with E-state index in [1.807, 2.05) is 0 Å². The van der Waals surface area contributed by atoms with Crippen LogP contribution < -0.4 is 5.32 Å². The standard InChI is InChI=1S/C10H11NO6/c12-8(13)2-1-7(10(15)16)11-9(14)6-3-4-17-5-6/h3-5,7H,1-2H2,(H,11,14)(H,12,13)(H,15,16)/t7-/m0/s1. The number of hydrogen-bond acceptors (Lipinski definition) is 4. The van der Waals surface area contributed by atoms with Crippen molar-refractivity contribution in [3.8, 4) is 0 Å². The van der Waals surface area contributed by atoms with Gasteiger partial charge in [0.25, 0.3) is 5.91 Å². The van der Waals surface area contributed by atoms with Crippen LogP contribution in [-0.4, -0.2) is 34.1 Å². The predicted octanol–water partition coefficient (Wildman–Crippen LogP) is 0.327. The molecule has 1 aromatic rings. The van der Waals surface area contributed by atoms with E-state index in [0.717, 1.165) is 0 Å². The molecule has 0 radical (unpaired) electrons. The van der Waals surface area contributed by atoms with Crippen LogP contribution >= 0.6 is 0 Å². The molecule has 0 bridgehead atoms. The summed E-state index contributed by atoms with van der Waals surface area (Å²) in [6.45, 7) is 0. The third-order valence-electron chi connectivity index (χ3n) is 2.03. The Balaban J connectivity index is 2.58. The van der Waals surface area contributed by atoms with Gasteiger partial charge in [0.05, 0.1) is 11.8 Å². The van der Waals surface area contributed by atoms with E-state index in [4.69, 9.17) is 10.2 Å². The molecule has 0 aliphatic rings. The first kappa shape index (κ1) is 12.8. The van der Waals surface area contributed by atoms with Gasteiger partial charge in [-0.2, -0.15) is 0 Å². The summed E-state index contributed by atoms with van der Waals surface area (Å²) >= 11 is 0. The molecule has 17 heavy (non-hydrogen) atoms. The minimum Gasteiger partial charge on any atom is -0.481 e. The van der Waals surface area contributed by atoms with E-state index in [2.05, 4.69) is 9.73 Å². The number of nitrogens with one attached hydrogen (secondary N) is 1. The Morgan fingerprint density at radius 1 is 1.35 bits per heavy atom. The first-order chi connectivity index (χ1) is 8.00. The molecule has 3 N–H and O–H groups in total. The van der Waals surface area contributed by atoms with E-state index >= 15 is 0 Å². The molecule has 0 fully saturated rings. The van der Waals surface area contributed by atoms with E-state index < -0.39 is 23.9 Å². The van der Waals surface area contributed by atoms with Crippen LogP contribution in [0, 0.1) is 0 Å². The zero-order chi connectivity index (χ0) is 12.8. The van der Waals surface area contributed by atoms with Gasteiger partial charge < -0.3 is 19.9 Å². The number of furan rings is 1. The summed E-state index contributed by atoms with van der Waals surface area (Å²) in [5.41, 5.74) is 0.187. The second-order valence-electron chi connectivity index (χ2n) is 3.31. The van der Waals surface area contributed by atoms with Crippen molar-refractivity contribution in [2.45, 2.75) is 18.9 Å². The Morgan fingerprint density at radius 2 is 2.06 bits per heavy atom. The zero-order valence-electron chi connectivity index (χ0n) is 8.75. The van der Waals surface area contributed by atoms with Crippen molar-refractivity contribution in [1.82, 2.24) is 5.32 Å². The molecule has 7 nitrogen and oxygen atoms in total. The lowest BCUT2D eigenvalue weighted by Crippen LogP contribution is -2.40. The molecule has 0 saturated heterocycles. The molecule has 0 unspecified atom stereocenters. The molecule has 1 heterocycles. The molecule has 92 valence electrons. The topological polar surface area (TPSA) is 117 Å². The molecule has 0 saturated carbocycles. The molecule has 1 amide bonds. The molecule has 1 aromatic heterocycles. The fraction of sp³-hybridized carbons (Fsp3) is 0.300. The summed E-state index contributed by atoms with van der Waals surface area (Å²) in [7, 11) is 0. The number of carbonyl (C=O) groups excluding carboxylic acids is 1. The third kappa shape index (κ3) is 3.98. The number of carboxylic acid groups (broad SMARTS) is 2. The lowest BCUT2D eigenvalue weighted by atomic mass is 10.1. The van der Waals surface area contributed by atoms with Crippen LogP contribution in [0.15, 0.2) is 23.0 Å². The SMILES string of the molecule is O=C(O)CC[C@H](NC(=O)c1ccoc1)C(=O)O. The first-order valence-electron chi connectivity index (χ1n) is 4.78.